The van der Waals surface area contributed by atoms with E-state index in [0.717, 1.165) is 36.9 Å². The number of nitrogens with zero attached hydrogens (tertiary/aromatic N) is 3. The Labute approximate surface area is 170 Å². The standard InChI is InChI=1S/C21H20F4N4O/c1-13(21(23,24)25)10-11-26-14(2)20(30)28-17-7-5-9-18-15(17)12-27-29(18)19-8-4-3-6-16(19)22/h3-4,6,8,10-12,17H,2,5,7,9H2,1H3,(H,28,30)/b13-10+,26-11?. The van der Waals surface area contributed by atoms with Crippen LogP contribution in [0.3, 0.4) is 0 Å². The largest absolute Gasteiger partial charge is 0.412 e. The molecule has 2 aromatic rings. The van der Waals surface area contributed by atoms with E-state index in [1.54, 1.807) is 24.4 Å². The maximum absolute atomic E-state index is 14.2. The Bertz CT molecular complexity index is 1020. The van der Waals surface area contributed by atoms with Gasteiger partial charge in [-0.05, 0) is 44.4 Å². The first-order valence-electron chi connectivity index (χ1n) is 9.28. The lowest BCUT2D eigenvalue weighted by Gasteiger charge is -2.24. The Morgan fingerprint density at radius 3 is 2.80 bits per heavy atom. The van der Waals surface area contributed by atoms with Crippen LogP contribution in [0.5, 0.6) is 0 Å². The zero-order valence-electron chi connectivity index (χ0n) is 16.2. The molecule has 0 radical (unpaired) electrons. The van der Waals surface area contributed by atoms with E-state index in [1.165, 1.54) is 10.7 Å². The molecule has 0 saturated heterocycles. The van der Waals surface area contributed by atoms with Gasteiger partial charge in [-0.3, -0.25) is 9.79 Å². The highest BCUT2D eigenvalue weighted by molar-refractivity contribution is 5.94. The number of rotatable bonds is 5. The zero-order valence-corrected chi connectivity index (χ0v) is 16.2. The number of hydrogen-bond acceptors (Lipinski definition) is 3. The average molecular weight is 420 g/mol. The van der Waals surface area contributed by atoms with Gasteiger partial charge in [0, 0.05) is 23.0 Å². The Balaban J connectivity index is 1.73. The van der Waals surface area contributed by atoms with Crippen molar-refractivity contribution in [1.82, 2.24) is 15.1 Å². The van der Waals surface area contributed by atoms with Crippen molar-refractivity contribution < 1.29 is 22.4 Å². The Hall–Kier alpha value is -3.23. The summed E-state index contributed by atoms with van der Waals surface area (Å²) in [6.45, 7) is 4.42. The number of aliphatic imine (C=N–C) groups is 1. The minimum Gasteiger partial charge on any atom is -0.344 e. The van der Waals surface area contributed by atoms with Crippen LogP contribution in [0.25, 0.3) is 5.69 Å². The first-order valence-corrected chi connectivity index (χ1v) is 9.28. The van der Waals surface area contributed by atoms with Gasteiger partial charge in [0.1, 0.15) is 17.2 Å². The van der Waals surface area contributed by atoms with E-state index in [1.807, 2.05) is 0 Å². The summed E-state index contributed by atoms with van der Waals surface area (Å²) in [5, 5.41) is 7.06. The van der Waals surface area contributed by atoms with Crippen LogP contribution in [0.15, 0.2) is 59.4 Å². The van der Waals surface area contributed by atoms with Crippen LogP contribution in [-0.4, -0.2) is 28.1 Å². The van der Waals surface area contributed by atoms with Crippen molar-refractivity contribution in [2.45, 2.75) is 38.4 Å². The van der Waals surface area contributed by atoms with Crippen LogP contribution in [0.4, 0.5) is 17.6 Å². The van der Waals surface area contributed by atoms with Crippen LogP contribution in [0, 0.1) is 5.82 Å². The number of allylic oxidation sites excluding steroid dienone is 2. The van der Waals surface area contributed by atoms with Gasteiger partial charge in [0.25, 0.3) is 5.91 Å². The smallest absolute Gasteiger partial charge is 0.344 e. The number of hydrogen-bond donors (Lipinski definition) is 1. The van der Waals surface area contributed by atoms with Gasteiger partial charge in [0.15, 0.2) is 0 Å². The fraction of sp³-hybridized carbons (Fsp3) is 0.286. The van der Waals surface area contributed by atoms with Crippen LogP contribution >= 0.6 is 0 Å². The third-order valence-electron chi connectivity index (χ3n) is 4.83. The molecule has 1 aromatic carbocycles. The number of aromatic nitrogens is 2. The normalized spacial score (nSPS) is 17.1. The van der Waals surface area contributed by atoms with E-state index >= 15 is 0 Å². The number of nitrogens with one attached hydrogen (secondary N) is 1. The lowest BCUT2D eigenvalue weighted by atomic mass is 9.92. The molecule has 1 aromatic heterocycles. The quantitative estimate of drug-likeness (QED) is 0.437. The Kier molecular flexibility index (Phi) is 6.19. The molecule has 3 rings (SSSR count). The minimum absolute atomic E-state index is 0.213. The summed E-state index contributed by atoms with van der Waals surface area (Å²) in [6.07, 6.45) is 0.881. The predicted octanol–water partition coefficient (Wildman–Crippen LogP) is 4.60. The van der Waals surface area contributed by atoms with Crippen molar-refractivity contribution in [2.24, 2.45) is 4.99 Å². The second kappa shape index (κ2) is 8.64. The summed E-state index contributed by atoms with van der Waals surface area (Å²) < 4.78 is 53.1. The van der Waals surface area contributed by atoms with Crippen molar-refractivity contribution in [3.05, 3.63) is 71.5 Å². The number of halogens is 4. The molecule has 1 unspecified atom stereocenters. The van der Waals surface area contributed by atoms with Crippen molar-refractivity contribution in [1.29, 1.82) is 0 Å². The average Bonchev–Trinajstić information content (AvgIpc) is 3.12. The van der Waals surface area contributed by atoms with Gasteiger partial charge in [-0.15, -0.1) is 0 Å². The maximum Gasteiger partial charge on any atom is 0.412 e. The van der Waals surface area contributed by atoms with Gasteiger partial charge in [-0.2, -0.15) is 18.3 Å². The van der Waals surface area contributed by atoms with Crippen molar-refractivity contribution in [2.75, 3.05) is 0 Å². The van der Waals surface area contributed by atoms with Crippen LogP contribution < -0.4 is 5.32 Å². The highest BCUT2D eigenvalue weighted by Crippen LogP contribution is 2.31. The monoisotopic (exact) mass is 420 g/mol. The topological polar surface area (TPSA) is 59.3 Å². The molecule has 1 heterocycles. The lowest BCUT2D eigenvalue weighted by Crippen LogP contribution is -2.31. The summed E-state index contributed by atoms with van der Waals surface area (Å²) in [7, 11) is 0. The number of benzene rings is 1. The van der Waals surface area contributed by atoms with Crippen molar-refractivity contribution >= 4 is 12.1 Å². The summed E-state index contributed by atoms with van der Waals surface area (Å²) in [6, 6.07) is 5.90. The molecule has 9 heteroatoms. The highest BCUT2D eigenvalue weighted by atomic mass is 19.4. The van der Waals surface area contributed by atoms with Crippen molar-refractivity contribution in [3.8, 4) is 5.69 Å². The summed E-state index contributed by atoms with van der Waals surface area (Å²) >= 11 is 0. The molecule has 1 N–H and O–H groups in total. The molecular weight excluding hydrogens is 400 g/mol. The van der Waals surface area contributed by atoms with E-state index in [-0.39, 0.29) is 11.7 Å². The van der Waals surface area contributed by atoms with E-state index < -0.39 is 23.5 Å². The molecule has 0 fully saturated rings. The molecule has 1 aliphatic rings. The second-order valence-electron chi connectivity index (χ2n) is 6.90. The molecule has 0 spiro atoms. The van der Waals surface area contributed by atoms with Gasteiger partial charge < -0.3 is 5.32 Å². The molecule has 1 amide bonds. The van der Waals surface area contributed by atoms with Crippen LogP contribution in [0.1, 0.15) is 37.1 Å². The molecule has 1 atom stereocenters. The van der Waals surface area contributed by atoms with E-state index in [0.29, 0.717) is 18.5 Å². The molecule has 158 valence electrons. The fourth-order valence-corrected chi connectivity index (χ4v) is 3.17. The molecule has 1 aliphatic carbocycles. The Morgan fingerprint density at radius 1 is 1.37 bits per heavy atom. The summed E-state index contributed by atoms with van der Waals surface area (Å²) in [4.78, 5) is 16.1. The first kappa shape index (κ1) is 21.5. The molecule has 0 saturated carbocycles. The van der Waals surface area contributed by atoms with Gasteiger partial charge >= 0.3 is 6.18 Å². The third kappa shape index (κ3) is 4.67. The van der Waals surface area contributed by atoms with Gasteiger partial charge in [-0.1, -0.05) is 18.7 Å². The molecule has 0 bridgehead atoms. The summed E-state index contributed by atoms with van der Waals surface area (Å²) in [5.74, 6) is -1.000. The predicted molar refractivity (Wildman–Crippen MR) is 105 cm³/mol. The van der Waals surface area contributed by atoms with Crippen molar-refractivity contribution in [3.63, 3.8) is 0 Å². The van der Waals surface area contributed by atoms with E-state index in [9.17, 15) is 22.4 Å². The van der Waals surface area contributed by atoms with E-state index in [4.69, 9.17) is 0 Å². The highest BCUT2D eigenvalue weighted by Gasteiger charge is 2.29. The number of para-hydroxylation sites is 1. The number of amides is 1. The number of alkyl halides is 3. The van der Waals surface area contributed by atoms with Crippen LogP contribution in [0.2, 0.25) is 0 Å². The maximum atomic E-state index is 14.2. The minimum atomic E-state index is -4.45. The van der Waals surface area contributed by atoms with Crippen LogP contribution in [-0.2, 0) is 11.2 Å². The lowest BCUT2D eigenvalue weighted by molar-refractivity contribution is -0.118. The SMILES string of the molecule is C=C(N=C/C=C(\C)C(F)(F)F)C(=O)NC1CCCc2c1cnn2-c1ccccc1F. The zero-order chi connectivity index (χ0) is 21.9. The van der Waals surface area contributed by atoms with Gasteiger partial charge in [0.2, 0.25) is 0 Å². The summed E-state index contributed by atoms with van der Waals surface area (Å²) in [5.41, 5.74) is 0.843. The van der Waals surface area contributed by atoms with Gasteiger partial charge in [-0.25, -0.2) is 9.07 Å². The molecule has 5 nitrogen and oxygen atoms in total. The second-order valence-corrected chi connectivity index (χ2v) is 6.90. The molecule has 0 aliphatic heterocycles. The third-order valence-corrected chi connectivity index (χ3v) is 4.83. The fourth-order valence-electron chi connectivity index (χ4n) is 3.17. The first-order chi connectivity index (χ1) is 14.2. The molecular formula is C21H20F4N4O. The van der Waals surface area contributed by atoms with E-state index in [2.05, 4.69) is 22.0 Å². The number of carbonyl (C=O) groups is 1. The number of fused-ring (bicyclic) bond motifs is 1. The van der Waals surface area contributed by atoms with Gasteiger partial charge in [0.05, 0.1) is 12.2 Å². The molecule has 30 heavy (non-hydrogen) atoms. The number of carbonyl (C=O) groups excluding carboxylic acids is 1. The Morgan fingerprint density at radius 2 is 2.10 bits per heavy atom.